The van der Waals surface area contributed by atoms with E-state index in [4.69, 9.17) is 15.6 Å². The molecule has 90 valence electrons. The predicted molar refractivity (Wildman–Crippen MR) is 64.5 cm³/mol. The minimum Gasteiger partial charge on any atom is -0.492 e. The van der Waals surface area contributed by atoms with Crippen molar-refractivity contribution < 1.29 is 14.6 Å². The van der Waals surface area contributed by atoms with Gasteiger partial charge in [-0.05, 0) is 30.7 Å². The summed E-state index contributed by atoms with van der Waals surface area (Å²) in [4.78, 5) is 13.8. The van der Waals surface area contributed by atoms with Gasteiger partial charge in [0.2, 0.25) is 0 Å². The molecule has 0 saturated carbocycles. The van der Waals surface area contributed by atoms with Gasteiger partial charge >= 0.3 is 5.97 Å². The van der Waals surface area contributed by atoms with Gasteiger partial charge in [-0.2, -0.15) is 0 Å². The third kappa shape index (κ3) is 2.09. The summed E-state index contributed by atoms with van der Waals surface area (Å²) in [6.45, 7) is 2.67. The number of aromatic nitrogens is 1. The molecule has 0 bridgehead atoms. The fourth-order valence-electron chi connectivity index (χ4n) is 1.79. The first-order chi connectivity index (χ1) is 8.13. The molecule has 0 aliphatic carbocycles. The van der Waals surface area contributed by atoms with Gasteiger partial charge < -0.3 is 20.6 Å². The summed E-state index contributed by atoms with van der Waals surface area (Å²) in [5.41, 5.74) is 7.08. The topological polar surface area (TPSA) is 88.3 Å². The summed E-state index contributed by atoms with van der Waals surface area (Å²) >= 11 is 0. The van der Waals surface area contributed by atoms with Crippen LogP contribution in [-0.4, -0.2) is 29.2 Å². The number of aromatic amines is 1. The van der Waals surface area contributed by atoms with Crippen molar-refractivity contribution in [1.82, 2.24) is 4.98 Å². The molecule has 0 atom stereocenters. The first kappa shape index (κ1) is 11.5. The fraction of sp³-hybridized carbons (Fsp3) is 0.250. The maximum Gasteiger partial charge on any atom is 0.352 e. The van der Waals surface area contributed by atoms with Crippen molar-refractivity contribution in [2.45, 2.75) is 6.92 Å². The molecule has 0 amide bonds. The second kappa shape index (κ2) is 4.47. The lowest BCUT2D eigenvalue weighted by molar-refractivity contribution is 0.0691. The van der Waals surface area contributed by atoms with Crippen LogP contribution in [-0.2, 0) is 0 Å². The molecule has 1 aromatic carbocycles. The summed E-state index contributed by atoms with van der Waals surface area (Å²) < 4.78 is 5.40. The number of nitrogens with two attached hydrogens (primary N) is 1. The van der Waals surface area contributed by atoms with Gasteiger partial charge in [-0.1, -0.05) is 0 Å². The summed E-state index contributed by atoms with van der Waals surface area (Å²) in [6.07, 6.45) is 0. The van der Waals surface area contributed by atoms with Crippen LogP contribution < -0.4 is 10.5 Å². The molecular formula is C12H14N2O3. The van der Waals surface area contributed by atoms with E-state index in [2.05, 4.69) is 4.98 Å². The number of hydrogen-bond acceptors (Lipinski definition) is 3. The molecule has 5 heteroatoms. The number of carbonyl (C=O) groups is 1. The normalized spacial score (nSPS) is 10.7. The summed E-state index contributed by atoms with van der Waals surface area (Å²) in [7, 11) is 0. The summed E-state index contributed by atoms with van der Waals surface area (Å²) in [5.74, 6) is -0.259. The SMILES string of the molecule is Cc1c(C(=O)O)[nH]c2ccc(OCCN)cc12. The molecule has 2 aromatic rings. The molecule has 0 radical (unpaired) electrons. The Hall–Kier alpha value is -2.01. The number of rotatable bonds is 4. The lowest BCUT2D eigenvalue weighted by Crippen LogP contribution is -2.10. The number of H-pyrrole nitrogens is 1. The molecule has 0 aliphatic heterocycles. The second-order valence-corrected chi connectivity index (χ2v) is 3.77. The van der Waals surface area contributed by atoms with Crippen molar-refractivity contribution in [3.8, 4) is 5.75 Å². The molecule has 1 heterocycles. The van der Waals surface area contributed by atoms with E-state index in [0.717, 1.165) is 10.9 Å². The van der Waals surface area contributed by atoms with E-state index in [1.165, 1.54) is 0 Å². The first-order valence-corrected chi connectivity index (χ1v) is 5.32. The Balaban J connectivity index is 2.46. The third-order valence-electron chi connectivity index (χ3n) is 2.63. The number of aryl methyl sites for hydroxylation is 1. The number of benzene rings is 1. The Morgan fingerprint density at radius 3 is 2.94 bits per heavy atom. The Morgan fingerprint density at radius 2 is 2.29 bits per heavy atom. The standard InChI is InChI=1S/C12H14N2O3/c1-7-9-6-8(17-5-4-13)2-3-10(9)14-11(7)12(15)16/h2-3,6,14H,4-5,13H2,1H3,(H,15,16). The maximum atomic E-state index is 11.0. The van der Waals surface area contributed by atoms with Gasteiger partial charge in [0.1, 0.15) is 18.1 Å². The van der Waals surface area contributed by atoms with Crippen molar-refractivity contribution in [3.63, 3.8) is 0 Å². The van der Waals surface area contributed by atoms with Crippen LogP contribution in [0.5, 0.6) is 5.75 Å². The Morgan fingerprint density at radius 1 is 1.53 bits per heavy atom. The molecule has 5 nitrogen and oxygen atoms in total. The van der Waals surface area contributed by atoms with E-state index in [9.17, 15) is 4.79 Å². The van der Waals surface area contributed by atoms with Gasteiger partial charge in [-0.15, -0.1) is 0 Å². The average Bonchev–Trinajstić information content (AvgIpc) is 2.64. The van der Waals surface area contributed by atoms with E-state index in [0.29, 0.717) is 24.5 Å². The number of fused-ring (bicyclic) bond motifs is 1. The molecular weight excluding hydrogens is 220 g/mol. The van der Waals surface area contributed by atoms with E-state index in [-0.39, 0.29) is 5.69 Å². The minimum absolute atomic E-state index is 0.218. The van der Waals surface area contributed by atoms with Crippen LogP contribution in [0.3, 0.4) is 0 Å². The number of nitrogens with one attached hydrogen (secondary N) is 1. The van der Waals surface area contributed by atoms with E-state index >= 15 is 0 Å². The number of ether oxygens (including phenoxy) is 1. The van der Waals surface area contributed by atoms with Crippen molar-refractivity contribution in [1.29, 1.82) is 0 Å². The zero-order valence-corrected chi connectivity index (χ0v) is 9.49. The Bertz CT molecular complexity index is 560. The number of carboxylic acid groups (broad SMARTS) is 1. The fourth-order valence-corrected chi connectivity index (χ4v) is 1.79. The number of hydrogen-bond donors (Lipinski definition) is 3. The smallest absolute Gasteiger partial charge is 0.352 e. The van der Waals surface area contributed by atoms with Gasteiger partial charge in [0.15, 0.2) is 0 Å². The molecule has 4 N–H and O–H groups in total. The number of carboxylic acids is 1. The van der Waals surface area contributed by atoms with Gasteiger partial charge in [0, 0.05) is 17.4 Å². The van der Waals surface area contributed by atoms with Crippen molar-refractivity contribution >= 4 is 16.9 Å². The van der Waals surface area contributed by atoms with Crippen molar-refractivity contribution in [3.05, 3.63) is 29.5 Å². The molecule has 0 spiro atoms. The first-order valence-electron chi connectivity index (χ1n) is 5.32. The van der Waals surface area contributed by atoms with Gasteiger partial charge in [0.05, 0.1) is 0 Å². The maximum absolute atomic E-state index is 11.0. The van der Waals surface area contributed by atoms with Gasteiger partial charge in [0.25, 0.3) is 0 Å². The quantitative estimate of drug-likeness (QED) is 0.748. The zero-order valence-electron chi connectivity index (χ0n) is 9.49. The lowest BCUT2D eigenvalue weighted by atomic mass is 10.1. The number of aromatic carboxylic acids is 1. The zero-order chi connectivity index (χ0) is 12.4. The van der Waals surface area contributed by atoms with Crippen LogP contribution >= 0.6 is 0 Å². The van der Waals surface area contributed by atoms with Crippen LogP contribution in [0, 0.1) is 6.92 Å². The highest BCUT2D eigenvalue weighted by Gasteiger charge is 2.13. The predicted octanol–water partition coefficient (Wildman–Crippen LogP) is 1.51. The minimum atomic E-state index is -0.955. The van der Waals surface area contributed by atoms with Gasteiger partial charge in [-0.25, -0.2) is 4.79 Å². The molecule has 2 rings (SSSR count). The third-order valence-corrected chi connectivity index (χ3v) is 2.63. The van der Waals surface area contributed by atoms with Crippen LogP contribution in [0.1, 0.15) is 16.1 Å². The highest BCUT2D eigenvalue weighted by Crippen LogP contribution is 2.26. The molecule has 1 aromatic heterocycles. The Labute approximate surface area is 98.2 Å². The van der Waals surface area contributed by atoms with E-state index < -0.39 is 5.97 Å². The van der Waals surface area contributed by atoms with E-state index in [1.54, 1.807) is 19.1 Å². The van der Waals surface area contributed by atoms with Gasteiger partial charge in [-0.3, -0.25) is 0 Å². The summed E-state index contributed by atoms with van der Waals surface area (Å²) in [5, 5.41) is 9.86. The van der Waals surface area contributed by atoms with Crippen LogP contribution in [0.15, 0.2) is 18.2 Å². The monoisotopic (exact) mass is 234 g/mol. The van der Waals surface area contributed by atoms with Crippen molar-refractivity contribution in [2.75, 3.05) is 13.2 Å². The second-order valence-electron chi connectivity index (χ2n) is 3.77. The average molecular weight is 234 g/mol. The molecule has 0 aliphatic rings. The summed E-state index contributed by atoms with van der Waals surface area (Å²) in [6, 6.07) is 5.42. The molecule has 0 saturated heterocycles. The molecule has 17 heavy (non-hydrogen) atoms. The van der Waals surface area contributed by atoms with Crippen LogP contribution in [0.2, 0.25) is 0 Å². The van der Waals surface area contributed by atoms with Crippen LogP contribution in [0.4, 0.5) is 0 Å². The molecule has 0 unspecified atom stereocenters. The van der Waals surface area contributed by atoms with Crippen LogP contribution in [0.25, 0.3) is 10.9 Å². The highest BCUT2D eigenvalue weighted by molar-refractivity contribution is 5.97. The van der Waals surface area contributed by atoms with E-state index in [1.807, 2.05) is 6.07 Å². The Kier molecular flexibility index (Phi) is 3.01. The largest absolute Gasteiger partial charge is 0.492 e. The molecule has 0 fully saturated rings. The lowest BCUT2D eigenvalue weighted by Gasteiger charge is -2.04. The van der Waals surface area contributed by atoms with Crippen molar-refractivity contribution in [2.24, 2.45) is 5.73 Å². The highest BCUT2D eigenvalue weighted by atomic mass is 16.5.